The molecule has 6 rings (SSSR count). The molecule has 1 saturated heterocycles. The Balaban J connectivity index is 1.33. The highest BCUT2D eigenvalue weighted by Crippen LogP contribution is 2.25. The Bertz CT molecular complexity index is 1840. The molecule has 0 bridgehead atoms. The van der Waals surface area contributed by atoms with Crippen molar-refractivity contribution in [2.75, 3.05) is 5.32 Å². The lowest BCUT2D eigenvalue weighted by atomic mass is 10.1. The van der Waals surface area contributed by atoms with Gasteiger partial charge in [0, 0.05) is 36.0 Å². The number of hydrogen-bond donors (Lipinski definition) is 3. The van der Waals surface area contributed by atoms with Crippen LogP contribution in [0.5, 0.6) is 0 Å². The molecule has 1 atom stereocenters. The van der Waals surface area contributed by atoms with Gasteiger partial charge in [-0.3, -0.25) is 34.0 Å². The monoisotopic (exact) mass is 507 g/mol. The van der Waals surface area contributed by atoms with Crippen LogP contribution < -0.4 is 16.2 Å². The first-order chi connectivity index (χ1) is 18.4. The second-order valence-electron chi connectivity index (χ2n) is 9.03. The molecule has 11 heteroatoms. The number of anilines is 1. The highest BCUT2D eigenvalue weighted by molar-refractivity contribution is 6.07. The normalized spacial score (nSPS) is 15.6. The van der Waals surface area contributed by atoms with Gasteiger partial charge in [-0.05, 0) is 55.3 Å². The summed E-state index contributed by atoms with van der Waals surface area (Å²) in [6.07, 6.45) is 5.43. The molecule has 1 fully saturated rings. The van der Waals surface area contributed by atoms with Crippen LogP contribution in [0, 0.1) is 6.92 Å². The second-order valence-corrected chi connectivity index (χ2v) is 9.03. The number of rotatable bonds is 4. The third-order valence-electron chi connectivity index (χ3n) is 6.60. The minimum absolute atomic E-state index is 0.137. The van der Waals surface area contributed by atoms with E-state index < -0.39 is 23.4 Å². The van der Waals surface area contributed by atoms with E-state index in [9.17, 15) is 19.2 Å². The average molecular weight is 508 g/mol. The molecule has 0 aliphatic carbocycles. The van der Waals surface area contributed by atoms with Gasteiger partial charge in [0.25, 0.3) is 11.5 Å². The van der Waals surface area contributed by atoms with Gasteiger partial charge in [-0.2, -0.15) is 0 Å². The van der Waals surface area contributed by atoms with Crippen molar-refractivity contribution >= 4 is 45.3 Å². The van der Waals surface area contributed by atoms with E-state index in [0.29, 0.717) is 17.0 Å². The summed E-state index contributed by atoms with van der Waals surface area (Å²) in [4.78, 5) is 66.8. The Kier molecular flexibility index (Phi) is 5.52. The number of aromatic amines is 1. The summed E-state index contributed by atoms with van der Waals surface area (Å²) in [5.74, 6) is -1.07. The largest absolute Gasteiger partial charge is 0.346 e. The Hall–Kier alpha value is -5.19. The molecular weight excluding hydrogens is 486 g/mol. The van der Waals surface area contributed by atoms with Gasteiger partial charge >= 0.3 is 0 Å². The summed E-state index contributed by atoms with van der Waals surface area (Å²) in [6.45, 7) is 1.61. The van der Waals surface area contributed by atoms with Gasteiger partial charge in [-0.15, -0.1) is 0 Å². The summed E-state index contributed by atoms with van der Waals surface area (Å²) in [5, 5.41) is 6.28. The van der Waals surface area contributed by atoms with Gasteiger partial charge in [-0.25, -0.2) is 9.97 Å². The Labute approximate surface area is 215 Å². The molecule has 188 valence electrons. The molecule has 11 nitrogen and oxygen atoms in total. The summed E-state index contributed by atoms with van der Waals surface area (Å²) in [6, 6.07) is 11.4. The van der Waals surface area contributed by atoms with Crippen molar-refractivity contribution in [2.45, 2.75) is 25.8 Å². The number of pyridine rings is 2. The fourth-order valence-corrected chi connectivity index (χ4v) is 4.74. The van der Waals surface area contributed by atoms with Crippen molar-refractivity contribution in [2.24, 2.45) is 0 Å². The third-order valence-corrected chi connectivity index (χ3v) is 6.60. The smallest absolute Gasteiger partial charge is 0.274 e. The molecule has 38 heavy (non-hydrogen) atoms. The van der Waals surface area contributed by atoms with Gasteiger partial charge in [0.15, 0.2) is 0 Å². The molecule has 1 aliphatic heterocycles. The van der Waals surface area contributed by atoms with Gasteiger partial charge in [0.2, 0.25) is 11.8 Å². The Morgan fingerprint density at radius 3 is 2.79 bits per heavy atom. The molecule has 4 aromatic heterocycles. The lowest BCUT2D eigenvalue weighted by Gasteiger charge is -2.24. The lowest BCUT2D eigenvalue weighted by molar-refractivity contribution is -0.135. The van der Waals surface area contributed by atoms with Crippen molar-refractivity contribution in [3.05, 3.63) is 82.9 Å². The standard InChI is InChI=1S/C27H21N7O4/c1-14-31-23-18(27(38)34(14)21-5-6-22(35)33-26(21)37)3-2-4-19(23)32-25(36)20-12-15(7-9-28-20)17-11-16-8-10-29-24(16)30-13-17/h2-4,7-13,21H,5-6H2,1H3,(H,29,30)(H,32,36)(H,33,35,37). The van der Waals surface area contributed by atoms with Crippen molar-refractivity contribution in [1.29, 1.82) is 0 Å². The van der Waals surface area contributed by atoms with Crippen LogP contribution in [-0.2, 0) is 9.59 Å². The van der Waals surface area contributed by atoms with Crippen molar-refractivity contribution in [1.82, 2.24) is 29.8 Å². The van der Waals surface area contributed by atoms with E-state index >= 15 is 0 Å². The molecule has 1 aliphatic rings. The van der Waals surface area contributed by atoms with Crippen LogP contribution in [0.3, 0.4) is 0 Å². The summed E-state index contributed by atoms with van der Waals surface area (Å²) in [5.41, 5.74) is 2.78. The molecule has 1 unspecified atom stereocenters. The number of aromatic nitrogens is 5. The molecule has 1 aromatic carbocycles. The number of hydrogen-bond acceptors (Lipinski definition) is 7. The number of fused-ring (bicyclic) bond motifs is 2. The summed E-state index contributed by atoms with van der Waals surface area (Å²) < 4.78 is 1.30. The van der Waals surface area contributed by atoms with Crippen molar-refractivity contribution < 1.29 is 14.4 Å². The van der Waals surface area contributed by atoms with Crippen molar-refractivity contribution in [3.8, 4) is 11.1 Å². The van der Waals surface area contributed by atoms with Crippen LogP contribution in [0.1, 0.15) is 35.2 Å². The van der Waals surface area contributed by atoms with E-state index in [1.54, 1.807) is 49.6 Å². The maximum absolute atomic E-state index is 13.4. The highest BCUT2D eigenvalue weighted by Gasteiger charge is 2.30. The van der Waals surface area contributed by atoms with E-state index in [4.69, 9.17) is 0 Å². The minimum Gasteiger partial charge on any atom is -0.346 e. The maximum Gasteiger partial charge on any atom is 0.274 e. The number of piperidine rings is 1. The Morgan fingerprint density at radius 1 is 1.08 bits per heavy atom. The topological polar surface area (TPSA) is 152 Å². The van der Waals surface area contributed by atoms with Crippen LogP contribution in [-0.4, -0.2) is 42.2 Å². The average Bonchev–Trinajstić information content (AvgIpc) is 3.38. The van der Waals surface area contributed by atoms with E-state index in [1.807, 2.05) is 18.3 Å². The molecular formula is C27H21N7O4. The van der Waals surface area contributed by atoms with E-state index in [-0.39, 0.29) is 29.8 Å². The zero-order valence-corrected chi connectivity index (χ0v) is 20.2. The van der Waals surface area contributed by atoms with E-state index in [1.165, 1.54) is 4.57 Å². The molecule has 5 heterocycles. The van der Waals surface area contributed by atoms with Crippen LogP contribution in [0.2, 0.25) is 0 Å². The van der Waals surface area contributed by atoms with Crippen LogP contribution in [0.15, 0.2) is 65.8 Å². The number of amides is 3. The number of imide groups is 1. The van der Waals surface area contributed by atoms with Crippen molar-refractivity contribution in [3.63, 3.8) is 0 Å². The first-order valence-electron chi connectivity index (χ1n) is 12.0. The predicted octanol–water partition coefficient (Wildman–Crippen LogP) is 2.87. The molecule has 3 amide bonds. The molecule has 5 aromatic rings. The first-order valence-corrected chi connectivity index (χ1v) is 12.0. The zero-order chi connectivity index (χ0) is 26.4. The molecule has 0 saturated carbocycles. The SMILES string of the molecule is Cc1nc2c(NC(=O)c3cc(-c4cnc5[nH]ccc5c4)ccn3)cccc2c(=O)n1C1CCC(=O)NC1=O. The van der Waals surface area contributed by atoms with Gasteiger partial charge in [-0.1, -0.05) is 6.07 Å². The molecule has 3 N–H and O–H groups in total. The molecule has 0 radical (unpaired) electrons. The number of benzene rings is 1. The van der Waals surface area contributed by atoms with Crippen LogP contribution >= 0.6 is 0 Å². The number of aryl methyl sites for hydroxylation is 1. The lowest BCUT2D eigenvalue weighted by Crippen LogP contribution is -2.45. The minimum atomic E-state index is -0.831. The van der Waals surface area contributed by atoms with Crippen LogP contribution in [0.25, 0.3) is 33.1 Å². The number of nitrogens with zero attached hydrogens (tertiary/aromatic N) is 4. The fraction of sp³-hybridized carbons (Fsp3) is 0.148. The predicted molar refractivity (Wildman–Crippen MR) is 139 cm³/mol. The van der Waals surface area contributed by atoms with E-state index in [2.05, 4.69) is 30.6 Å². The van der Waals surface area contributed by atoms with Gasteiger partial charge in [0.05, 0.1) is 11.1 Å². The second kappa shape index (κ2) is 9.04. The zero-order valence-electron chi connectivity index (χ0n) is 20.2. The quantitative estimate of drug-likeness (QED) is 0.316. The van der Waals surface area contributed by atoms with Gasteiger partial charge < -0.3 is 10.3 Å². The first kappa shape index (κ1) is 23.2. The maximum atomic E-state index is 13.4. The number of H-pyrrole nitrogens is 1. The fourth-order valence-electron chi connectivity index (χ4n) is 4.74. The van der Waals surface area contributed by atoms with Crippen LogP contribution in [0.4, 0.5) is 5.69 Å². The number of carbonyl (C=O) groups is 3. The number of carbonyl (C=O) groups excluding carboxylic acids is 3. The number of nitrogens with one attached hydrogen (secondary N) is 3. The highest BCUT2D eigenvalue weighted by atomic mass is 16.2. The molecule has 0 spiro atoms. The number of para-hydroxylation sites is 1. The van der Waals surface area contributed by atoms with Gasteiger partial charge in [0.1, 0.15) is 28.7 Å². The Morgan fingerprint density at radius 2 is 1.95 bits per heavy atom. The van der Waals surface area contributed by atoms with E-state index in [0.717, 1.165) is 22.2 Å². The third kappa shape index (κ3) is 3.99. The summed E-state index contributed by atoms with van der Waals surface area (Å²) >= 11 is 0. The summed E-state index contributed by atoms with van der Waals surface area (Å²) in [7, 11) is 0.